The second-order valence-corrected chi connectivity index (χ2v) is 3.85. The lowest BCUT2D eigenvalue weighted by molar-refractivity contribution is 0.415. The third kappa shape index (κ3) is 2.58. The maximum Gasteiger partial charge on any atom is 0.143 e. The maximum absolute atomic E-state index is 13.5. The van der Waals surface area contributed by atoms with Crippen LogP contribution < -0.4 is 15.8 Å². The first-order valence-corrected chi connectivity index (χ1v) is 5.55. The van der Waals surface area contributed by atoms with Crippen LogP contribution in [0.25, 0.3) is 0 Å². The summed E-state index contributed by atoms with van der Waals surface area (Å²) in [5.74, 6) is 0.0578. The summed E-state index contributed by atoms with van der Waals surface area (Å²) in [6.45, 7) is 0. The van der Waals surface area contributed by atoms with E-state index >= 15 is 0 Å². The van der Waals surface area contributed by atoms with Crippen molar-refractivity contribution in [3.63, 3.8) is 0 Å². The molecular weight excluding hydrogens is 245 g/mol. The Morgan fingerprint density at radius 1 is 1.26 bits per heavy atom. The number of nitrogen functional groups attached to an aromatic ring is 1. The topological polar surface area (TPSA) is 71.1 Å². The van der Waals surface area contributed by atoms with Crippen LogP contribution in [0.5, 0.6) is 5.75 Å². The molecule has 2 aromatic carbocycles. The van der Waals surface area contributed by atoms with Gasteiger partial charge in [-0.05, 0) is 24.3 Å². The minimum absolute atomic E-state index is 0.0438. The molecule has 0 spiro atoms. The van der Waals surface area contributed by atoms with E-state index in [2.05, 4.69) is 5.32 Å². The van der Waals surface area contributed by atoms with Crippen LogP contribution in [-0.4, -0.2) is 7.11 Å². The Labute approximate surface area is 110 Å². The molecule has 2 rings (SSSR count). The molecule has 0 amide bonds. The lowest BCUT2D eigenvalue weighted by Gasteiger charge is -2.12. The molecule has 19 heavy (non-hydrogen) atoms. The summed E-state index contributed by atoms with van der Waals surface area (Å²) in [6.07, 6.45) is 0. The van der Waals surface area contributed by atoms with Gasteiger partial charge in [0.05, 0.1) is 24.2 Å². The van der Waals surface area contributed by atoms with Crippen molar-refractivity contribution in [2.45, 2.75) is 0 Å². The first-order chi connectivity index (χ1) is 9.15. The third-order valence-corrected chi connectivity index (χ3v) is 2.65. The molecule has 0 radical (unpaired) electrons. The lowest BCUT2D eigenvalue weighted by Crippen LogP contribution is -2.00. The number of nitrogens with one attached hydrogen (secondary N) is 1. The fraction of sp³-hybridized carbons (Fsp3) is 0.0714. The molecule has 0 fully saturated rings. The van der Waals surface area contributed by atoms with Gasteiger partial charge in [0, 0.05) is 6.07 Å². The van der Waals surface area contributed by atoms with Gasteiger partial charge in [-0.3, -0.25) is 0 Å². The van der Waals surface area contributed by atoms with E-state index in [4.69, 9.17) is 15.7 Å². The number of ether oxygens (including phenoxy) is 1. The van der Waals surface area contributed by atoms with E-state index in [0.717, 1.165) is 0 Å². The number of anilines is 3. The first kappa shape index (κ1) is 12.7. The van der Waals surface area contributed by atoms with Crippen molar-refractivity contribution in [1.29, 1.82) is 5.26 Å². The van der Waals surface area contributed by atoms with Crippen LogP contribution >= 0.6 is 0 Å². The quantitative estimate of drug-likeness (QED) is 0.829. The monoisotopic (exact) mass is 257 g/mol. The molecule has 96 valence electrons. The molecule has 3 N–H and O–H groups in total. The molecular formula is C14H12FN3O. The van der Waals surface area contributed by atoms with Gasteiger partial charge in [-0.1, -0.05) is 6.07 Å². The Bertz CT molecular complexity index is 650. The fourth-order valence-corrected chi connectivity index (χ4v) is 1.67. The van der Waals surface area contributed by atoms with E-state index in [1.54, 1.807) is 31.4 Å². The second kappa shape index (κ2) is 5.27. The van der Waals surface area contributed by atoms with Crippen LogP contribution in [0.15, 0.2) is 36.4 Å². The number of nitrogens with zero attached hydrogens (tertiary/aromatic N) is 1. The van der Waals surface area contributed by atoms with E-state index in [1.807, 2.05) is 6.07 Å². The van der Waals surface area contributed by atoms with Gasteiger partial charge in [0.2, 0.25) is 0 Å². The molecule has 0 aromatic heterocycles. The van der Waals surface area contributed by atoms with E-state index in [9.17, 15) is 4.39 Å². The van der Waals surface area contributed by atoms with E-state index in [0.29, 0.717) is 22.8 Å². The Morgan fingerprint density at radius 2 is 2.05 bits per heavy atom. The minimum atomic E-state index is -0.570. The lowest BCUT2D eigenvalue weighted by atomic mass is 10.1. The van der Waals surface area contributed by atoms with Gasteiger partial charge in [0.15, 0.2) is 0 Å². The number of nitrogens with two attached hydrogens (primary N) is 1. The normalized spacial score (nSPS) is 9.74. The second-order valence-electron chi connectivity index (χ2n) is 3.85. The van der Waals surface area contributed by atoms with Gasteiger partial charge in [0.25, 0.3) is 0 Å². The van der Waals surface area contributed by atoms with Crippen molar-refractivity contribution in [3.8, 4) is 11.8 Å². The summed E-state index contributed by atoms with van der Waals surface area (Å²) in [5.41, 5.74) is 7.22. The summed E-state index contributed by atoms with van der Waals surface area (Å²) in [5, 5.41) is 11.9. The third-order valence-electron chi connectivity index (χ3n) is 2.65. The largest absolute Gasteiger partial charge is 0.497 e. The summed E-state index contributed by atoms with van der Waals surface area (Å²) < 4.78 is 18.5. The number of methoxy groups -OCH3 is 1. The van der Waals surface area contributed by atoms with Crippen molar-refractivity contribution in [3.05, 3.63) is 47.8 Å². The van der Waals surface area contributed by atoms with Crippen molar-refractivity contribution >= 4 is 17.1 Å². The Balaban J connectivity index is 2.37. The van der Waals surface area contributed by atoms with Crippen LogP contribution in [0, 0.1) is 17.1 Å². The van der Waals surface area contributed by atoms with Crippen LogP contribution in [0.4, 0.5) is 21.5 Å². The first-order valence-electron chi connectivity index (χ1n) is 5.55. The van der Waals surface area contributed by atoms with Gasteiger partial charge >= 0.3 is 0 Å². The zero-order valence-corrected chi connectivity index (χ0v) is 10.3. The standard InChI is InChI=1S/C14H12FN3O/c1-19-9-5-6-14(12(17)7-9)18-13-4-2-3-11(15)10(13)8-16/h2-7,18H,17H2,1H3. The molecule has 0 saturated heterocycles. The SMILES string of the molecule is COc1ccc(Nc2cccc(F)c2C#N)c(N)c1. The van der Waals surface area contributed by atoms with E-state index < -0.39 is 5.82 Å². The molecule has 4 nitrogen and oxygen atoms in total. The maximum atomic E-state index is 13.5. The summed E-state index contributed by atoms with van der Waals surface area (Å²) >= 11 is 0. The number of hydrogen-bond donors (Lipinski definition) is 2. The fourth-order valence-electron chi connectivity index (χ4n) is 1.67. The Kier molecular flexibility index (Phi) is 3.53. The van der Waals surface area contributed by atoms with Gasteiger partial charge in [0.1, 0.15) is 23.2 Å². The predicted octanol–water partition coefficient (Wildman–Crippen LogP) is 3.03. The average molecular weight is 257 g/mol. The van der Waals surface area contributed by atoms with Crippen LogP contribution in [0.1, 0.15) is 5.56 Å². The van der Waals surface area contributed by atoms with Crippen molar-refractivity contribution in [2.75, 3.05) is 18.2 Å². The van der Waals surface area contributed by atoms with Crippen LogP contribution in [0.3, 0.4) is 0 Å². The number of halogens is 1. The Morgan fingerprint density at radius 3 is 2.68 bits per heavy atom. The molecule has 0 aliphatic heterocycles. The van der Waals surface area contributed by atoms with E-state index in [1.165, 1.54) is 12.1 Å². The molecule has 0 aliphatic rings. The van der Waals surface area contributed by atoms with Gasteiger partial charge < -0.3 is 15.8 Å². The molecule has 0 heterocycles. The highest BCUT2D eigenvalue weighted by atomic mass is 19.1. The predicted molar refractivity (Wildman–Crippen MR) is 71.8 cm³/mol. The van der Waals surface area contributed by atoms with Crippen LogP contribution in [-0.2, 0) is 0 Å². The molecule has 0 saturated carbocycles. The van der Waals surface area contributed by atoms with Gasteiger partial charge in [-0.2, -0.15) is 5.26 Å². The molecule has 0 aliphatic carbocycles. The Hall–Kier alpha value is -2.74. The summed E-state index contributed by atoms with van der Waals surface area (Å²) in [6, 6.07) is 11.3. The zero-order chi connectivity index (χ0) is 13.8. The minimum Gasteiger partial charge on any atom is -0.497 e. The van der Waals surface area contributed by atoms with Crippen molar-refractivity contribution < 1.29 is 9.13 Å². The highest BCUT2D eigenvalue weighted by Gasteiger charge is 2.09. The molecule has 0 atom stereocenters. The summed E-state index contributed by atoms with van der Waals surface area (Å²) in [7, 11) is 1.54. The number of benzene rings is 2. The molecule has 5 heteroatoms. The number of hydrogen-bond acceptors (Lipinski definition) is 4. The van der Waals surface area contributed by atoms with E-state index in [-0.39, 0.29) is 5.56 Å². The smallest absolute Gasteiger partial charge is 0.143 e. The van der Waals surface area contributed by atoms with Gasteiger partial charge in [-0.25, -0.2) is 4.39 Å². The van der Waals surface area contributed by atoms with Crippen molar-refractivity contribution in [1.82, 2.24) is 0 Å². The molecule has 2 aromatic rings. The highest BCUT2D eigenvalue weighted by Crippen LogP contribution is 2.29. The molecule has 0 unspecified atom stereocenters. The number of rotatable bonds is 3. The average Bonchev–Trinajstić information content (AvgIpc) is 2.41. The van der Waals surface area contributed by atoms with Gasteiger partial charge in [-0.15, -0.1) is 0 Å². The van der Waals surface area contributed by atoms with Crippen molar-refractivity contribution in [2.24, 2.45) is 0 Å². The van der Waals surface area contributed by atoms with Crippen LogP contribution in [0.2, 0.25) is 0 Å². The number of nitriles is 1. The zero-order valence-electron chi connectivity index (χ0n) is 10.3. The summed E-state index contributed by atoms with van der Waals surface area (Å²) in [4.78, 5) is 0. The highest BCUT2D eigenvalue weighted by molar-refractivity contribution is 5.76. The molecule has 0 bridgehead atoms.